The van der Waals surface area contributed by atoms with Crippen LogP contribution >= 0.6 is 0 Å². The predicted molar refractivity (Wildman–Crippen MR) is 75.1 cm³/mol. The minimum absolute atomic E-state index is 0.186. The molecule has 1 N–H and O–H groups in total. The second-order valence-electron chi connectivity index (χ2n) is 5.86. The summed E-state index contributed by atoms with van der Waals surface area (Å²) in [5, 5.41) is 3.17. The third-order valence-electron chi connectivity index (χ3n) is 4.34. The lowest BCUT2D eigenvalue weighted by molar-refractivity contribution is -0.123. The van der Waals surface area contributed by atoms with Gasteiger partial charge in [0.15, 0.2) is 0 Å². The van der Waals surface area contributed by atoms with Gasteiger partial charge in [-0.3, -0.25) is 9.69 Å². The lowest BCUT2D eigenvalue weighted by Crippen LogP contribution is -2.49. The fourth-order valence-corrected chi connectivity index (χ4v) is 2.93. The maximum absolute atomic E-state index is 12.0. The maximum Gasteiger partial charge on any atom is 0.234 e. The first-order chi connectivity index (χ1) is 9.17. The van der Waals surface area contributed by atoms with E-state index in [0.29, 0.717) is 18.7 Å². The normalized spacial score (nSPS) is 30.2. The maximum atomic E-state index is 12.0. The Kier molecular flexibility index (Phi) is 5.60. The van der Waals surface area contributed by atoms with Crippen molar-refractivity contribution in [1.82, 2.24) is 15.1 Å². The molecule has 2 rings (SSSR count). The molecule has 5 heteroatoms. The highest BCUT2D eigenvalue weighted by Crippen LogP contribution is 2.20. The van der Waals surface area contributed by atoms with E-state index in [1.165, 1.54) is 0 Å². The number of carbonyl (C=O) groups excluding carboxylic acids is 1. The topological polar surface area (TPSA) is 44.8 Å². The van der Waals surface area contributed by atoms with Gasteiger partial charge < -0.3 is 15.0 Å². The van der Waals surface area contributed by atoms with Gasteiger partial charge in [0.25, 0.3) is 0 Å². The van der Waals surface area contributed by atoms with Crippen molar-refractivity contribution in [2.45, 2.75) is 37.8 Å². The first-order valence-electron chi connectivity index (χ1n) is 7.40. The second kappa shape index (κ2) is 7.22. The average molecular weight is 269 g/mol. The fourth-order valence-electron chi connectivity index (χ4n) is 2.93. The molecule has 1 aliphatic heterocycles. The van der Waals surface area contributed by atoms with E-state index in [-0.39, 0.29) is 5.91 Å². The monoisotopic (exact) mass is 269 g/mol. The summed E-state index contributed by atoms with van der Waals surface area (Å²) in [6, 6.07) is 0.353. The van der Waals surface area contributed by atoms with Gasteiger partial charge in [0.1, 0.15) is 0 Å². The summed E-state index contributed by atoms with van der Waals surface area (Å²) in [5.74, 6) is 0.186. The molecule has 0 bridgehead atoms. The van der Waals surface area contributed by atoms with Crippen LogP contribution in [-0.4, -0.2) is 74.7 Å². The number of methoxy groups -OCH3 is 1. The van der Waals surface area contributed by atoms with Crippen LogP contribution in [-0.2, 0) is 9.53 Å². The molecule has 1 aliphatic carbocycles. The molecule has 19 heavy (non-hydrogen) atoms. The zero-order valence-corrected chi connectivity index (χ0v) is 12.2. The van der Waals surface area contributed by atoms with Crippen molar-refractivity contribution in [3.8, 4) is 0 Å². The molecule has 2 fully saturated rings. The number of hydrogen-bond donors (Lipinski definition) is 1. The molecule has 0 unspecified atom stereocenters. The number of likely N-dealkylation sites (N-methyl/N-ethyl adjacent to an activating group) is 1. The minimum Gasteiger partial charge on any atom is -0.381 e. The van der Waals surface area contributed by atoms with Gasteiger partial charge in [-0.15, -0.1) is 0 Å². The van der Waals surface area contributed by atoms with E-state index in [2.05, 4.69) is 22.2 Å². The third-order valence-corrected chi connectivity index (χ3v) is 4.34. The summed E-state index contributed by atoms with van der Waals surface area (Å²) in [6.45, 7) is 4.68. The smallest absolute Gasteiger partial charge is 0.234 e. The number of ether oxygens (including phenoxy) is 1. The molecular weight excluding hydrogens is 242 g/mol. The van der Waals surface area contributed by atoms with E-state index in [1.54, 1.807) is 7.11 Å². The van der Waals surface area contributed by atoms with E-state index in [0.717, 1.165) is 51.9 Å². The molecular formula is C14H27N3O2. The number of rotatable bonds is 4. The average Bonchev–Trinajstić information content (AvgIpc) is 2.42. The van der Waals surface area contributed by atoms with Gasteiger partial charge >= 0.3 is 0 Å². The quantitative estimate of drug-likeness (QED) is 0.798. The van der Waals surface area contributed by atoms with E-state index in [1.807, 2.05) is 0 Å². The molecule has 1 saturated heterocycles. The van der Waals surface area contributed by atoms with E-state index < -0.39 is 0 Å². The molecule has 0 spiro atoms. The van der Waals surface area contributed by atoms with Crippen molar-refractivity contribution >= 4 is 5.91 Å². The van der Waals surface area contributed by atoms with Gasteiger partial charge in [0, 0.05) is 39.3 Å². The van der Waals surface area contributed by atoms with E-state index in [9.17, 15) is 4.79 Å². The summed E-state index contributed by atoms with van der Waals surface area (Å²) in [5.41, 5.74) is 0. The largest absolute Gasteiger partial charge is 0.381 e. The predicted octanol–water partition coefficient (Wildman–Crippen LogP) is 0.308. The molecule has 1 heterocycles. The van der Waals surface area contributed by atoms with Gasteiger partial charge in [0.2, 0.25) is 5.91 Å². The first-order valence-corrected chi connectivity index (χ1v) is 7.40. The van der Waals surface area contributed by atoms with Crippen LogP contribution in [0.3, 0.4) is 0 Å². The van der Waals surface area contributed by atoms with Gasteiger partial charge in [-0.25, -0.2) is 0 Å². The van der Waals surface area contributed by atoms with Crippen molar-refractivity contribution in [3.05, 3.63) is 0 Å². The molecule has 0 aromatic heterocycles. The minimum atomic E-state index is 0.186. The highest BCUT2D eigenvalue weighted by molar-refractivity contribution is 5.78. The van der Waals surface area contributed by atoms with Crippen molar-refractivity contribution in [3.63, 3.8) is 0 Å². The Morgan fingerprint density at radius 1 is 1.16 bits per heavy atom. The standard InChI is InChI=1S/C14H27N3O2/c1-16-7-9-17(10-8-16)11-14(18)15-12-3-5-13(19-2)6-4-12/h12-13H,3-11H2,1-2H3,(H,15,18)/t12-,13+. The molecule has 0 atom stereocenters. The zero-order valence-electron chi connectivity index (χ0n) is 12.2. The Bertz CT molecular complexity index is 282. The molecule has 1 amide bonds. The van der Waals surface area contributed by atoms with Crippen LogP contribution in [0, 0.1) is 0 Å². The van der Waals surface area contributed by atoms with Gasteiger partial charge in [0.05, 0.1) is 12.6 Å². The second-order valence-corrected chi connectivity index (χ2v) is 5.86. The van der Waals surface area contributed by atoms with Crippen LogP contribution < -0.4 is 5.32 Å². The summed E-state index contributed by atoms with van der Waals surface area (Å²) >= 11 is 0. The summed E-state index contributed by atoms with van der Waals surface area (Å²) in [4.78, 5) is 16.6. The molecule has 0 aromatic carbocycles. The number of amides is 1. The van der Waals surface area contributed by atoms with Crippen molar-refractivity contribution in [2.75, 3.05) is 46.9 Å². The first kappa shape index (κ1) is 14.8. The lowest BCUT2D eigenvalue weighted by Gasteiger charge is -2.33. The Morgan fingerprint density at radius 2 is 1.79 bits per heavy atom. The van der Waals surface area contributed by atoms with E-state index >= 15 is 0 Å². The van der Waals surface area contributed by atoms with Crippen molar-refractivity contribution in [2.24, 2.45) is 0 Å². The Balaban J connectivity index is 1.64. The SMILES string of the molecule is CO[C@H]1CC[C@@H](NC(=O)CN2CCN(C)CC2)CC1. The van der Waals surface area contributed by atoms with Crippen LogP contribution in [0.15, 0.2) is 0 Å². The zero-order chi connectivity index (χ0) is 13.7. The third kappa shape index (κ3) is 4.75. The van der Waals surface area contributed by atoms with Crippen LogP contribution in [0.5, 0.6) is 0 Å². The number of nitrogens with one attached hydrogen (secondary N) is 1. The molecule has 0 radical (unpaired) electrons. The Labute approximate surface area is 116 Å². The molecule has 2 aliphatic rings. The number of piperazine rings is 1. The fraction of sp³-hybridized carbons (Fsp3) is 0.929. The summed E-state index contributed by atoms with van der Waals surface area (Å²) < 4.78 is 5.35. The van der Waals surface area contributed by atoms with Gasteiger partial charge in [-0.05, 0) is 32.7 Å². The van der Waals surface area contributed by atoms with Crippen molar-refractivity contribution < 1.29 is 9.53 Å². The summed E-state index contributed by atoms with van der Waals surface area (Å²) in [7, 11) is 3.91. The molecule has 110 valence electrons. The molecule has 5 nitrogen and oxygen atoms in total. The van der Waals surface area contributed by atoms with Crippen LogP contribution in [0.25, 0.3) is 0 Å². The number of nitrogens with zero attached hydrogens (tertiary/aromatic N) is 2. The Hall–Kier alpha value is -0.650. The number of hydrogen-bond acceptors (Lipinski definition) is 4. The number of carbonyl (C=O) groups is 1. The lowest BCUT2D eigenvalue weighted by atomic mass is 9.93. The molecule has 0 aromatic rings. The van der Waals surface area contributed by atoms with Crippen LogP contribution in [0.4, 0.5) is 0 Å². The van der Waals surface area contributed by atoms with Crippen molar-refractivity contribution in [1.29, 1.82) is 0 Å². The highest BCUT2D eigenvalue weighted by Gasteiger charge is 2.23. The van der Waals surface area contributed by atoms with Gasteiger partial charge in [-0.2, -0.15) is 0 Å². The van der Waals surface area contributed by atoms with Crippen LogP contribution in [0.1, 0.15) is 25.7 Å². The highest BCUT2D eigenvalue weighted by atomic mass is 16.5. The van der Waals surface area contributed by atoms with Crippen LogP contribution in [0.2, 0.25) is 0 Å². The summed E-state index contributed by atoms with van der Waals surface area (Å²) in [6.07, 6.45) is 4.62. The molecule has 1 saturated carbocycles. The van der Waals surface area contributed by atoms with Gasteiger partial charge in [-0.1, -0.05) is 0 Å². The van der Waals surface area contributed by atoms with E-state index in [4.69, 9.17) is 4.74 Å². The Morgan fingerprint density at radius 3 is 2.37 bits per heavy atom.